The lowest BCUT2D eigenvalue weighted by molar-refractivity contribution is -0.380. The molecule has 1 aliphatic rings. The fraction of sp³-hybridized carbons (Fsp3) is 0.250. The SMILES string of the molecule is NC1=NN=C(c2ccc([N+](=O)[O-])s2)CC1. The molecule has 0 atom stereocenters. The molecule has 0 fully saturated rings. The fourth-order valence-corrected chi connectivity index (χ4v) is 2.06. The molecule has 6 nitrogen and oxygen atoms in total. The zero-order valence-electron chi connectivity index (χ0n) is 7.71. The van der Waals surface area contributed by atoms with Gasteiger partial charge in [0, 0.05) is 18.9 Å². The minimum Gasteiger partial charge on any atom is -0.386 e. The molecule has 0 aliphatic carbocycles. The van der Waals surface area contributed by atoms with Crippen LogP contribution in [0.4, 0.5) is 5.00 Å². The number of nitro groups is 1. The number of amidine groups is 1. The van der Waals surface area contributed by atoms with E-state index in [1.807, 2.05) is 0 Å². The molecule has 0 aromatic carbocycles. The molecule has 1 aliphatic heterocycles. The van der Waals surface area contributed by atoms with Crippen LogP contribution in [0.15, 0.2) is 22.3 Å². The average molecular weight is 224 g/mol. The summed E-state index contributed by atoms with van der Waals surface area (Å²) in [6, 6.07) is 3.17. The molecular weight excluding hydrogens is 216 g/mol. The van der Waals surface area contributed by atoms with Gasteiger partial charge in [0.25, 0.3) is 0 Å². The van der Waals surface area contributed by atoms with Gasteiger partial charge in [0.2, 0.25) is 0 Å². The fourth-order valence-electron chi connectivity index (χ4n) is 1.22. The summed E-state index contributed by atoms with van der Waals surface area (Å²) in [6.07, 6.45) is 1.34. The van der Waals surface area contributed by atoms with E-state index in [2.05, 4.69) is 10.2 Å². The van der Waals surface area contributed by atoms with Gasteiger partial charge in [-0.25, -0.2) is 0 Å². The van der Waals surface area contributed by atoms with Crippen molar-refractivity contribution in [1.29, 1.82) is 0 Å². The predicted octanol–water partition coefficient (Wildman–Crippen LogP) is 1.51. The molecule has 2 N–H and O–H groups in total. The quantitative estimate of drug-likeness (QED) is 0.609. The molecule has 2 rings (SSSR count). The number of thiophene rings is 1. The van der Waals surface area contributed by atoms with Gasteiger partial charge in [-0.2, -0.15) is 5.10 Å². The van der Waals surface area contributed by atoms with Crippen LogP contribution in [0.25, 0.3) is 0 Å². The van der Waals surface area contributed by atoms with Crippen LogP contribution in [0.5, 0.6) is 0 Å². The van der Waals surface area contributed by atoms with Gasteiger partial charge in [-0.15, -0.1) is 5.10 Å². The third-order valence-corrected chi connectivity index (χ3v) is 3.06. The lowest BCUT2D eigenvalue weighted by Gasteiger charge is -2.06. The van der Waals surface area contributed by atoms with E-state index >= 15 is 0 Å². The number of hydrogen-bond donors (Lipinski definition) is 1. The van der Waals surface area contributed by atoms with E-state index < -0.39 is 4.92 Å². The van der Waals surface area contributed by atoms with Crippen molar-refractivity contribution in [2.75, 3.05) is 0 Å². The second kappa shape index (κ2) is 3.77. The smallest absolute Gasteiger partial charge is 0.324 e. The highest BCUT2D eigenvalue weighted by Crippen LogP contribution is 2.26. The van der Waals surface area contributed by atoms with Gasteiger partial charge in [-0.1, -0.05) is 11.3 Å². The van der Waals surface area contributed by atoms with Crippen LogP contribution in [0.2, 0.25) is 0 Å². The Bertz CT molecular complexity index is 463. The van der Waals surface area contributed by atoms with Gasteiger partial charge in [0.15, 0.2) is 0 Å². The summed E-state index contributed by atoms with van der Waals surface area (Å²) in [4.78, 5) is 10.9. The molecular formula is C8H8N4O2S. The minimum absolute atomic E-state index is 0.121. The van der Waals surface area contributed by atoms with Crippen LogP contribution in [0.1, 0.15) is 17.7 Å². The monoisotopic (exact) mass is 224 g/mol. The number of nitrogens with two attached hydrogens (primary N) is 1. The Morgan fingerprint density at radius 2 is 2.20 bits per heavy atom. The molecule has 0 radical (unpaired) electrons. The zero-order valence-corrected chi connectivity index (χ0v) is 8.53. The van der Waals surface area contributed by atoms with Gasteiger partial charge >= 0.3 is 5.00 Å². The van der Waals surface area contributed by atoms with Crippen molar-refractivity contribution < 1.29 is 4.92 Å². The Labute approximate surface area is 89.3 Å². The van der Waals surface area contributed by atoms with Crippen molar-refractivity contribution in [2.45, 2.75) is 12.8 Å². The largest absolute Gasteiger partial charge is 0.386 e. The van der Waals surface area contributed by atoms with E-state index in [0.29, 0.717) is 18.7 Å². The first-order valence-electron chi connectivity index (χ1n) is 4.30. The summed E-state index contributed by atoms with van der Waals surface area (Å²) in [5, 5.41) is 18.3. The van der Waals surface area contributed by atoms with Crippen molar-refractivity contribution in [3.63, 3.8) is 0 Å². The van der Waals surface area contributed by atoms with E-state index in [1.165, 1.54) is 6.07 Å². The van der Waals surface area contributed by atoms with Crippen LogP contribution in [-0.2, 0) is 0 Å². The van der Waals surface area contributed by atoms with Gasteiger partial charge in [0.1, 0.15) is 5.84 Å². The first-order chi connectivity index (χ1) is 7.16. The minimum atomic E-state index is -0.408. The Hall–Kier alpha value is -1.76. The van der Waals surface area contributed by atoms with Gasteiger partial charge in [0.05, 0.1) is 15.5 Å². The molecule has 0 saturated heterocycles. The number of nitrogens with zero attached hydrogens (tertiary/aromatic N) is 3. The summed E-state index contributed by atoms with van der Waals surface area (Å²) in [5.41, 5.74) is 6.23. The molecule has 2 heterocycles. The maximum atomic E-state index is 10.5. The van der Waals surface area contributed by atoms with Crippen molar-refractivity contribution >= 4 is 27.9 Å². The normalized spacial score (nSPS) is 15.7. The third kappa shape index (κ3) is 2.01. The molecule has 0 spiro atoms. The lowest BCUT2D eigenvalue weighted by Crippen LogP contribution is -2.17. The molecule has 0 bridgehead atoms. The summed E-state index contributed by atoms with van der Waals surface area (Å²) in [7, 11) is 0. The molecule has 1 aromatic heterocycles. The molecule has 78 valence electrons. The highest BCUT2D eigenvalue weighted by atomic mass is 32.1. The van der Waals surface area contributed by atoms with Crippen molar-refractivity contribution in [3.05, 3.63) is 27.1 Å². The van der Waals surface area contributed by atoms with Gasteiger partial charge in [-0.05, 0) is 6.07 Å². The average Bonchev–Trinajstić information content (AvgIpc) is 2.68. The first kappa shape index (κ1) is 9.78. The van der Waals surface area contributed by atoms with Crippen LogP contribution in [0, 0.1) is 10.1 Å². The van der Waals surface area contributed by atoms with Gasteiger partial charge in [-0.3, -0.25) is 10.1 Å². The van der Waals surface area contributed by atoms with Crippen molar-refractivity contribution in [3.8, 4) is 0 Å². The molecule has 15 heavy (non-hydrogen) atoms. The molecule has 1 aromatic rings. The Morgan fingerprint density at radius 1 is 1.40 bits per heavy atom. The summed E-state index contributed by atoms with van der Waals surface area (Å²) in [5.74, 6) is 0.504. The van der Waals surface area contributed by atoms with Crippen LogP contribution < -0.4 is 5.73 Å². The van der Waals surface area contributed by atoms with Crippen molar-refractivity contribution in [1.82, 2.24) is 0 Å². The summed E-state index contributed by atoms with van der Waals surface area (Å²) in [6.45, 7) is 0. The highest BCUT2D eigenvalue weighted by Gasteiger charge is 2.15. The zero-order chi connectivity index (χ0) is 10.8. The Kier molecular flexibility index (Phi) is 2.46. The number of hydrogen-bond acceptors (Lipinski definition) is 6. The second-order valence-corrected chi connectivity index (χ2v) is 4.10. The van der Waals surface area contributed by atoms with Crippen LogP contribution >= 0.6 is 11.3 Å². The lowest BCUT2D eigenvalue weighted by atomic mass is 10.1. The molecule has 0 saturated carbocycles. The maximum absolute atomic E-state index is 10.5. The Morgan fingerprint density at radius 3 is 2.73 bits per heavy atom. The highest BCUT2D eigenvalue weighted by molar-refractivity contribution is 7.17. The van der Waals surface area contributed by atoms with E-state index in [4.69, 9.17) is 5.73 Å². The van der Waals surface area contributed by atoms with E-state index in [9.17, 15) is 10.1 Å². The standard InChI is InChI=1S/C8H8N4O2S/c9-7-3-1-5(10-11-7)6-2-4-8(15-6)12(13)14/h2,4H,1,3H2,(H2,9,11). The van der Waals surface area contributed by atoms with Gasteiger partial charge < -0.3 is 5.73 Å². The van der Waals surface area contributed by atoms with E-state index in [1.54, 1.807) is 6.07 Å². The van der Waals surface area contributed by atoms with Crippen molar-refractivity contribution in [2.24, 2.45) is 15.9 Å². The molecule has 0 amide bonds. The summed E-state index contributed by atoms with van der Waals surface area (Å²) < 4.78 is 0. The predicted molar refractivity (Wildman–Crippen MR) is 58.4 cm³/mol. The third-order valence-electron chi connectivity index (χ3n) is 1.97. The molecule has 7 heteroatoms. The Balaban J connectivity index is 2.27. The second-order valence-electron chi connectivity index (χ2n) is 3.03. The van der Waals surface area contributed by atoms with E-state index in [0.717, 1.165) is 21.9 Å². The van der Waals surface area contributed by atoms with Crippen LogP contribution in [0.3, 0.4) is 0 Å². The summed E-state index contributed by atoms with van der Waals surface area (Å²) >= 11 is 1.11. The topological polar surface area (TPSA) is 93.9 Å². The van der Waals surface area contributed by atoms with E-state index in [-0.39, 0.29) is 5.00 Å². The first-order valence-corrected chi connectivity index (χ1v) is 5.12. The maximum Gasteiger partial charge on any atom is 0.324 e. The molecule has 0 unspecified atom stereocenters. The van der Waals surface area contributed by atoms with Crippen LogP contribution in [-0.4, -0.2) is 16.5 Å². The number of rotatable bonds is 2.